The van der Waals surface area contributed by atoms with Gasteiger partial charge >= 0.3 is 6.18 Å². The summed E-state index contributed by atoms with van der Waals surface area (Å²) in [6, 6.07) is 3.67. The summed E-state index contributed by atoms with van der Waals surface area (Å²) in [6.45, 7) is 7.14. The lowest BCUT2D eigenvalue weighted by atomic mass is 9.79. The molecule has 1 N–H and O–H groups in total. The second-order valence-corrected chi connectivity index (χ2v) is 11.7. The summed E-state index contributed by atoms with van der Waals surface area (Å²) in [7, 11) is -3.79. The minimum absolute atomic E-state index is 0.123. The molecule has 0 bridgehead atoms. The Morgan fingerprint density at radius 1 is 0.970 bits per heavy atom. The molecule has 0 aliphatic heterocycles. The molecule has 4 nitrogen and oxygen atoms in total. The van der Waals surface area contributed by atoms with Crippen molar-refractivity contribution in [2.45, 2.75) is 94.7 Å². The number of hydrogen-bond donors (Lipinski definition) is 1. The average Bonchev–Trinajstić information content (AvgIpc) is 3.57. The first-order valence-electron chi connectivity index (χ1n) is 12.5. The molecular formula is C25H39F3N2O2S. The van der Waals surface area contributed by atoms with Crippen LogP contribution in [0.15, 0.2) is 29.2 Å². The van der Waals surface area contributed by atoms with Gasteiger partial charge in [-0.3, -0.25) is 4.90 Å². The maximum absolute atomic E-state index is 12.7. The van der Waals surface area contributed by atoms with Crippen molar-refractivity contribution in [3.63, 3.8) is 0 Å². The van der Waals surface area contributed by atoms with Crippen LogP contribution in [0.5, 0.6) is 0 Å². The Bertz CT molecular complexity index is 839. The number of halogens is 3. The van der Waals surface area contributed by atoms with E-state index in [9.17, 15) is 21.6 Å². The normalized spacial score (nSPS) is 23.1. The van der Waals surface area contributed by atoms with E-state index in [2.05, 4.69) is 23.5 Å². The van der Waals surface area contributed by atoms with E-state index in [1.54, 1.807) is 0 Å². The van der Waals surface area contributed by atoms with Gasteiger partial charge in [-0.15, -0.1) is 0 Å². The van der Waals surface area contributed by atoms with Crippen LogP contribution in [0.3, 0.4) is 0 Å². The number of alkyl halides is 3. The van der Waals surface area contributed by atoms with Crippen LogP contribution in [0.25, 0.3) is 0 Å². The van der Waals surface area contributed by atoms with E-state index in [4.69, 9.17) is 0 Å². The van der Waals surface area contributed by atoms with Crippen molar-refractivity contribution in [3.05, 3.63) is 29.8 Å². The molecule has 0 radical (unpaired) electrons. The molecule has 1 aromatic carbocycles. The number of nitrogens with zero attached hydrogens (tertiary/aromatic N) is 1. The SMILES string of the molecule is CCN(CC)C1(CCCCC2CCC(CNS(=O)(=O)c3ccc(C(F)(F)F)cc3)CC2)CC1. The molecule has 0 unspecified atom stereocenters. The molecule has 1 aromatic rings. The van der Waals surface area contributed by atoms with Crippen molar-refractivity contribution in [1.82, 2.24) is 9.62 Å². The highest BCUT2D eigenvalue weighted by molar-refractivity contribution is 7.89. The van der Waals surface area contributed by atoms with Crippen LogP contribution >= 0.6 is 0 Å². The van der Waals surface area contributed by atoms with Crippen molar-refractivity contribution in [2.75, 3.05) is 19.6 Å². The summed E-state index contributed by atoms with van der Waals surface area (Å²) >= 11 is 0. The summed E-state index contributed by atoms with van der Waals surface area (Å²) in [5, 5.41) is 0. The maximum Gasteiger partial charge on any atom is 0.416 e. The summed E-state index contributed by atoms with van der Waals surface area (Å²) in [6.07, 6.45) is 7.65. The molecule has 2 aliphatic carbocycles. The second-order valence-electron chi connectivity index (χ2n) is 9.90. The molecule has 3 rings (SSSR count). The van der Waals surface area contributed by atoms with Gasteiger partial charge in [-0.1, -0.05) is 46.0 Å². The lowest BCUT2D eigenvalue weighted by molar-refractivity contribution is -0.137. The number of benzene rings is 1. The van der Waals surface area contributed by atoms with Crippen molar-refractivity contribution < 1.29 is 21.6 Å². The predicted molar refractivity (Wildman–Crippen MR) is 125 cm³/mol. The standard InChI is InChI=1S/C25H39F3N2O2S/c1-3-30(4-2)24(17-18-24)16-6-5-7-20-8-10-21(11-9-20)19-29-33(31,32)23-14-12-22(13-15-23)25(26,27)28/h12-15,20-21,29H,3-11,16-19H2,1-2H3. The van der Waals surface area contributed by atoms with Gasteiger partial charge in [0.2, 0.25) is 10.0 Å². The topological polar surface area (TPSA) is 49.4 Å². The van der Waals surface area contributed by atoms with Gasteiger partial charge in [-0.2, -0.15) is 13.2 Å². The molecule has 188 valence electrons. The van der Waals surface area contributed by atoms with E-state index < -0.39 is 21.8 Å². The highest BCUT2D eigenvalue weighted by Gasteiger charge is 2.45. The fraction of sp³-hybridized carbons (Fsp3) is 0.760. The fourth-order valence-corrected chi connectivity index (χ4v) is 6.62. The monoisotopic (exact) mass is 488 g/mol. The first kappa shape index (κ1) is 26.5. The number of hydrogen-bond acceptors (Lipinski definition) is 3. The van der Waals surface area contributed by atoms with Crippen molar-refractivity contribution >= 4 is 10.0 Å². The molecule has 8 heteroatoms. The first-order chi connectivity index (χ1) is 15.6. The summed E-state index contributed by atoms with van der Waals surface area (Å²) in [5.41, 5.74) is -0.356. The lowest BCUT2D eigenvalue weighted by Gasteiger charge is -2.31. The Morgan fingerprint density at radius 3 is 2.06 bits per heavy atom. The van der Waals surface area contributed by atoms with E-state index in [1.807, 2.05) is 0 Å². The number of rotatable bonds is 12. The van der Waals surface area contributed by atoms with Gasteiger partial charge in [0.15, 0.2) is 0 Å². The highest BCUT2D eigenvalue weighted by atomic mass is 32.2. The maximum atomic E-state index is 12.7. The van der Waals surface area contributed by atoms with E-state index >= 15 is 0 Å². The number of nitrogens with one attached hydrogen (secondary N) is 1. The second kappa shape index (κ2) is 11.1. The van der Waals surface area contributed by atoms with Crippen LogP contribution in [0.1, 0.15) is 83.6 Å². The predicted octanol–water partition coefficient (Wildman–Crippen LogP) is 6.22. The van der Waals surface area contributed by atoms with Crippen molar-refractivity contribution in [1.29, 1.82) is 0 Å². The van der Waals surface area contributed by atoms with E-state index in [1.165, 1.54) is 38.5 Å². The average molecular weight is 489 g/mol. The van der Waals surface area contributed by atoms with E-state index in [0.717, 1.165) is 69.0 Å². The quantitative estimate of drug-likeness (QED) is 0.355. The van der Waals surface area contributed by atoms with Crippen molar-refractivity contribution in [3.8, 4) is 0 Å². The third-order valence-corrected chi connectivity index (χ3v) is 9.23. The van der Waals surface area contributed by atoms with Gasteiger partial charge in [-0.05, 0) is 81.3 Å². The van der Waals surface area contributed by atoms with Gasteiger partial charge in [0.05, 0.1) is 10.5 Å². The van der Waals surface area contributed by atoms with Gasteiger partial charge in [0, 0.05) is 12.1 Å². The zero-order valence-electron chi connectivity index (χ0n) is 20.0. The van der Waals surface area contributed by atoms with Crippen LogP contribution in [-0.4, -0.2) is 38.5 Å². The van der Waals surface area contributed by atoms with Gasteiger partial charge in [0.1, 0.15) is 0 Å². The van der Waals surface area contributed by atoms with Gasteiger partial charge in [0.25, 0.3) is 0 Å². The molecule has 0 spiro atoms. The van der Waals surface area contributed by atoms with Crippen LogP contribution in [0.4, 0.5) is 13.2 Å². The van der Waals surface area contributed by atoms with Gasteiger partial charge in [-0.25, -0.2) is 13.1 Å². The Kier molecular flexibility index (Phi) is 8.89. The molecule has 2 aliphatic rings. The highest BCUT2D eigenvalue weighted by Crippen LogP contribution is 2.46. The zero-order chi connectivity index (χ0) is 24.1. The molecule has 0 atom stereocenters. The Balaban J connectivity index is 1.35. The molecule has 2 fully saturated rings. The van der Waals surface area contributed by atoms with E-state index in [-0.39, 0.29) is 4.90 Å². The van der Waals surface area contributed by atoms with Crippen LogP contribution in [0.2, 0.25) is 0 Å². The van der Waals surface area contributed by atoms with E-state index in [0.29, 0.717) is 18.0 Å². The third kappa shape index (κ3) is 7.18. The minimum atomic E-state index is -4.47. The Hall–Kier alpha value is -1.12. The van der Waals surface area contributed by atoms with Crippen LogP contribution in [-0.2, 0) is 16.2 Å². The summed E-state index contributed by atoms with van der Waals surface area (Å²) in [4.78, 5) is 2.51. The fourth-order valence-electron chi connectivity index (χ4n) is 5.51. The van der Waals surface area contributed by atoms with Crippen LogP contribution in [0, 0.1) is 11.8 Å². The Labute approximate surface area is 197 Å². The lowest BCUT2D eigenvalue weighted by Crippen LogP contribution is -2.37. The Morgan fingerprint density at radius 2 is 1.55 bits per heavy atom. The molecule has 0 heterocycles. The van der Waals surface area contributed by atoms with Crippen molar-refractivity contribution in [2.24, 2.45) is 11.8 Å². The number of sulfonamides is 1. The smallest absolute Gasteiger partial charge is 0.298 e. The molecule has 0 aromatic heterocycles. The first-order valence-corrected chi connectivity index (χ1v) is 14.0. The van der Waals surface area contributed by atoms with Gasteiger partial charge < -0.3 is 0 Å². The molecular weight excluding hydrogens is 449 g/mol. The minimum Gasteiger partial charge on any atom is -0.298 e. The largest absolute Gasteiger partial charge is 0.416 e. The molecule has 0 amide bonds. The summed E-state index contributed by atoms with van der Waals surface area (Å²) < 4.78 is 65.6. The number of unbranched alkanes of at least 4 members (excludes halogenated alkanes) is 1. The zero-order valence-corrected chi connectivity index (χ0v) is 20.8. The summed E-state index contributed by atoms with van der Waals surface area (Å²) in [5.74, 6) is 1.03. The third-order valence-electron chi connectivity index (χ3n) is 7.79. The molecule has 2 saturated carbocycles. The van der Waals surface area contributed by atoms with Crippen LogP contribution < -0.4 is 4.72 Å². The molecule has 0 saturated heterocycles. The molecule has 33 heavy (non-hydrogen) atoms.